The van der Waals surface area contributed by atoms with Crippen molar-refractivity contribution < 1.29 is 4.79 Å². The summed E-state index contributed by atoms with van der Waals surface area (Å²) < 4.78 is 0. The lowest BCUT2D eigenvalue weighted by Gasteiger charge is -2.25. The summed E-state index contributed by atoms with van der Waals surface area (Å²) in [7, 11) is 0. The smallest absolute Gasteiger partial charge is 0.238 e. The molecular formula is C10H17N2O. The van der Waals surface area contributed by atoms with Crippen LogP contribution in [-0.2, 0) is 4.79 Å². The first kappa shape index (κ1) is 9.00. The number of hydrogen-bond acceptors (Lipinski definition) is 1. The first-order valence-corrected chi connectivity index (χ1v) is 5.30. The van der Waals surface area contributed by atoms with E-state index in [0.717, 1.165) is 31.8 Å². The minimum absolute atomic E-state index is 0.0277. The third-order valence-electron chi connectivity index (χ3n) is 3.08. The average molecular weight is 181 g/mol. The van der Waals surface area contributed by atoms with Gasteiger partial charge in [0.2, 0.25) is 5.91 Å². The van der Waals surface area contributed by atoms with E-state index in [1.807, 2.05) is 0 Å². The summed E-state index contributed by atoms with van der Waals surface area (Å²) >= 11 is 0. The van der Waals surface area contributed by atoms with Crippen molar-refractivity contribution in [2.45, 2.75) is 38.1 Å². The normalized spacial score (nSPS) is 28.5. The molecule has 0 aromatic heterocycles. The average Bonchev–Trinajstić information content (AvgIpc) is 2.52. The van der Waals surface area contributed by atoms with Crippen LogP contribution in [0.3, 0.4) is 0 Å². The Hall–Kier alpha value is -0.570. The lowest BCUT2D eigenvalue weighted by Crippen LogP contribution is -2.40. The summed E-state index contributed by atoms with van der Waals surface area (Å²) in [6.45, 7) is 1.76. The Balaban J connectivity index is 1.65. The molecule has 1 aliphatic heterocycles. The number of rotatable bonds is 3. The van der Waals surface area contributed by atoms with Gasteiger partial charge in [-0.1, -0.05) is 6.42 Å². The molecule has 1 N–H and O–H groups in total. The van der Waals surface area contributed by atoms with E-state index in [0.29, 0.717) is 0 Å². The van der Waals surface area contributed by atoms with Crippen molar-refractivity contribution in [3.05, 3.63) is 0 Å². The van der Waals surface area contributed by atoms with E-state index in [1.54, 1.807) is 0 Å². The second-order valence-electron chi connectivity index (χ2n) is 4.11. The topological polar surface area (TPSA) is 43.2 Å². The van der Waals surface area contributed by atoms with E-state index < -0.39 is 0 Å². The van der Waals surface area contributed by atoms with Crippen molar-refractivity contribution in [3.8, 4) is 0 Å². The summed E-state index contributed by atoms with van der Waals surface area (Å²) in [5.74, 6) is 0.912. The highest BCUT2D eigenvalue weighted by atomic mass is 16.2. The second-order valence-corrected chi connectivity index (χ2v) is 4.11. The molecule has 0 aromatic carbocycles. The Morgan fingerprint density at radius 1 is 1.31 bits per heavy atom. The van der Waals surface area contributed by atoms with Crippen molar-refractivity contribution in [1.82, 2.24) is 10.6 Å². The summed E-state index contributed by atoms with van der Waals surface area (Å²) in [5.41, 5.74) is 0. The van der Waals surface area contributed by atoms with Crippen molar-refractivity contribution in [2.75, 3.05) is 13.1 Å². The van der Waals surface area contributed by atoms with Crippen LogP contribution in [0.1, 0.15) is 32.1 Å². The van der Waals surface area contributed by atoms with Crippen LogP contribution in [0.5, 0.6) is 0 Å². The second kappa shape index (κ2) is 4.09. The van der Waals surface area contributed by atoms with Crippen molar-refractivity contribution in [2.24, 2.45) is 5.92 Å². The fourth-order valence-corrected chi connectivity index (χ4v) is 1.90. The van der Waals surface area contributed by atoms with Crippen LogP contribution >= 0.6 is 0 Å². The summed E-state index contributed by atoms with van der Waals surface area (Å²) in [6.07, 6.45) is 5.97. The highest BCUT2D eigenvalue weighted by molar-refractivity contribution is 5.81. The molecule has 73 valence electrons. The van der Waals surface area contributed by atoms with Crippen LogP contribution in [0.15, 0.2) is 0 Å². The molecule has 0 aromatic rings. The fourth-order valence-electron chi connectivity index (χ4n) is 1.90. The molecule has 0 spiro atoms. The maximum Gasteiger partial charge on any atom is 0.238 e. The molecule has 1 aliphatic carbocycles. The van der Waals surface area contributed by atoms with Crippen LogP contribution in [0.25, 0.3) is 0 Å². The highest BCUT2D eigenvalue weighted by Crippen LogP contribution is 2.25. The zero-order valence-corrected chi connectivity index (χ0v) is 7.96. The molecule has 13 heavy (non-hydrogen) atoms. The molecule has 2 aliphatic rings. The van der Waals surface area contributed by atoms with Gasteiger partial charge in [0.25, 0.3) is 0 Å². The van der Waals surface area contributed by atoms with Gasteiger partial charge in [-0.05, 0) is 31.6 Å². The van der Waals surface area contributed by atoms with Gasteiger partial charge in [-0.3, -0.25) is 4.79 Å². The maximum absolute atomic E-state index is 11.5. The Morgan fingerprint density at radius 3 is 2.69 bits per heavy atom. The molecule has 1 saturated carbocycles. The predicted molar refractivity (Wildman–Crippen MR) is 50.4 cm³/mol. The number of hydrogen-bond donors (Lipinski definition) is 1. The van der Waals surface area contributed by atoms with E-state index in [4.69, 9.17) is 0 Å². The van der Waals surface area contributed by atoms with Crippen LogP contribution in [0.2, 0.25) is 0 Å². The summed E-state index contributed by atoms with van der Waals surface area (Å²) in [6, 6.07) is -0.0277. The molecule has 1 radical (unpaired) electrons. The van der Waals surface area contributed by atoms with Gasteiger partial charge in [0.1, 0.15) is 6.04 Å². The van der Waals surface area contributed by atoms with Crippen LogP contribution < -0.4 is 10.6 Å². The largest absolute Gasteiger partial charge is 0.354 e. The third kappa shape index (κ3) is 2.21. The van der Waals surface area contributed by atoms with Crippen molar-refractivity contribution in [3.63, 3.8) is 0 Å². The lowest BCUT2D eigenvalue weighted by atomic mass is 9.85. The highest BCUT2D eigenvalue weighted by Gasteiger charge is 2.24. The first-order valence-electron chi connectivity index (χ1n) is 5.30. The molecule has 2 rings (SSSR count). The number of carbonyl (C=O) groups excluding carboxylic acids is 1. The fraction of sp³-hybridized carbons (Fsp3) is 0.900. The van der Waals surface area contributed by atoms with Crippen LogP contribution in [0, 0.1) is 5.92 Å². The van der Waals surface area contributed by atoms with Crippen molar-refractivity contribution in [1.29, 1.82) is 0 Å². The summed E-state index contributed by atoms with van der Waals surface area (Å²) in [4.78, 5) is 11.5. The van der Waals surface area contributed by atoms with Crippen LogP contribution in [0.4, 0.5) is 0 Å². The van der Waals surface area contributed by atoms with E-state index >= 15 is 0 Å². The molecule has 1 amide bonds. The minimum atomic E-state index is -0.0277. The van der Waals surface area contributed by atoms with Gasteiger partial charge in [0, 0.05) is 13.1 Å². The van der Waals surface area contributed by atoms with Gasteiger partial charge in [-0.2, -0.15) is 0 Å². The molecule has 1 unspecified atom stereocenters. The number of amides is 1. The Labute approximate surface area is 79.3 Å². The monoisotopic (exact) mass is 181 g/mol. The van der Waals surface area contributed by atoms with E-state index in [1.165, 1.54) is 19.3 Å². The molecule has 1 saturated heterocycles. The lowest BCUT2D eigenvalue weighted by molar-refractivity contribution is -0.123. The standard InChI is InChI=1S/C10H17N2O/c13-10(9-5-2-6-11-9)12-7-8-3-1-4-8/h8-9H,1-7H2,(H,12,13). The molecule has 0 bridgehead atoms. The SMILES string of the molecule is O=C(NCC1CCC1)C1CCC[N]1. The minimum Gasteiger partial charge on any atom is -0.354 e. The molecule has 3 heteroatoms. The maximum atomic E-state index is 11.5. The van der Waals surface area contributed by atoms with E-state index in [9.17, 15) is 4.79 Å². The molecular weight excluding hydrogens is 164 g/mol. The van der Waals surface area contributed by atoms with E-state index in [2.05, 4.69) is 10.6 Å². The van der Waals surface area contributed by atoms with Gasteiger partial charge in [-0.15, -0.1) is 0 Å². The van der Waals surface area contributed by atoms with Gasteiger partial charge < -0.3 is 5.32 Å². The molecule has 1 atom stereocenters. The Kier molecular flexibility index (Phi) is 2.83. The predicted octanol–water partition coefficient (Wildman–Crippen LogP) is 0.669. The summed E-state index contributed by atoms with van der Waals surface area (Å²) in [5, 5.41) is 7.24. The molecule has 2 fully saturated rings. The van der Waals surface area contributed by atoms with Gasteiger partial charge in [0.05, 0.1) is 0 Å². The van der Waals surface area contributed by atoms with Crippen molar-refractivity contribution >= 4 is 5.91 Å². The van der Waals surface area contributed by atoms with Crippen LogP contribution in [-0.4, -0.2) is 25.0 Å². The Morgan fingerprint density at radius 2 is 2.15 bits per heavy atom. The number of nitrogens with one attached hydrogen (secondary N) is 1. The Bertz CT molecular complexity index is 183. The first-order chi connectivity index (χ1) is 6.36. The molecule has 3 nitrogen and oxygen atoms in total. The van der Waals surface area contributed by atoms with E-state index in [-0.39, 0.29) is 11.9 Å². The quantitative estimate of drug-likeness (QED) is 0.683. The van der Waals surface area contributed by atoms with Gasteiger partial charge >= 0.3 is 0 Å². The third-order valence-corrected chi connectivity index (χ3v) is 3.08. The van der Waals surface area contributed by atoms with Gasteiger partial charge in [0.15, 0.2) is 0 Å². The zero-order valence-electron chi connectivity index (χ0n) is 7.96. The number of nitrogens with zero attached hydrogens (tertiary/aromatic N) is 1. The zero-order chi connectivity index (χ0) is 9.10. The number of carbonyl (C=O) groups is 1. The van der Waals surface area contributed by atoms with Gasteiger partial charge in [-0.25, -0.2) is 5.32 Å². The molecule has 1 heterocycles.